The summed E-state index contributed by atoms with van der Waals surface area (Å²) in [6, 6.07) is 6.65. The Morgan fingerprint density at radius 2 is 1.75 bits per heavy atom. The van der Waals surface area contributed by atoms with E-state index in [1.165, 1.54) is 25.7 Å². The molecule has 5 rings (SSSR count). The number of carbonyl (C=O) groups is 1. The first-order valence-corrected chi connectivity index (χ1v) is 12.0. The van der Waals surface area contributed by atoms with E-state index in [-0.39, 0.29) is 16.8 Å². The van der Waals surface area contributed by atoms with Gasteiger partial charge in [-0.25, -0.2) is 0 Å². The quantitative estimate of drug-likeness (QED) is 0.725. The van der Waals surface area contributed by atoms with Crippen molar-refractivity contribution in [3.63, 3.8) is 0 Å². The van der Waals surface area contributed by atoms with Crippen LogP contribution in [0.1, 0.15) is 50.5 Å². The fourth-order valence-corrected chi connectivity index (χ4v) is 6.80. The van der Waals surface area contributed by atoms with Crippen molar-refractivity contribution in [3.8, 4) is 0 Å². The van der Waals surface area contributed by atoms with E-state index < -0.39 is 10.0 Å². The van der Waals surface area contributed by atoms with E-state index in [0.717, 1.165) is 38.3 Å². The number of likely N-dealkylation sites (tertiary alicyclic amines) is 2. The Hall–Kier alpha value is -1.89. The number of piperidine rings is 1. The largest absolute Gasteiger partial charge is 0.343 e. The minimum atomic E-state index is -3.66. The van der Waals surface area contributed by atoms with E-state index in [0.29, 0.717) is 23.9 Å². The lowest BCUT2D eigenvalue weighted by molar-refractivity contribution is -0.138. The molecule has 1 aromatic carbocycles. The molecular formula is C21H27N3O3S. The summed E-state index contributed by atoms with van der Waals surface area (Å²) in [7, 11) is -3.66. The first kappa shape index (κ1) is 18.2. The van der Waals surface area contributed by atoms with Crippen molar-refractivity contribution in [1.29, 1.82) is 0 Å². The van der Waals surface area contributed by atoms with Crippen molar-refractivity contribution in [2.24, 2.45) is 16.2 Å². The maximum absolute atomic E-state index is 13.4. The Morgan fingerprint density at radius 1 is 0.964 bits per heavy atom. The Kier molecular flexibility index (Phi) is 4.45. The predicted octanol–water partition coefficient (Wildman–Crippen LogP) is 2.64. The molecule has 1 saturated carbocycles. The molecule has 0 spiro atoms. The van der Waals surface area contributed by atoms with Crippen molar-refractivity contribution in [1.82, 2.24) is 9.80 Å². The highest BCUT2D eigenvalue weighted by Crippen LogP contribution is 2.37. The molecule has 0 bridgehead atoms. The number of amidine groups is 1. The van der Waals surface area contributed by atoms with Crippen LogP contribution in [-0.4, -0.2) is 55.6 Å². The van der Waals surface area contributed by atoms with Gasteiger partial charge in [-0.15, -0.1) is 4.40 Å². The monoisotopic (exact) mass is 401 g/mol. The molecule has 3 heterocycles. The van der Waals surface area contributed by atoms with Gasteiger partial charge in [-0.3, -0.25) is 4.79 Å². The second kappa shape index (κ2) is 6.87. The van der Waals surface area contributed by atoms with E-state index in [1.807, 2.05) is 15.9 Å². The normalized spacial score (nSPS) is 31.3. The second-order valence-electron chi connectivity index (χ2n) is 8.62. The van der Waals surface area contributed by atoms with Crippen LogP contribution in [0.2, 0.25) is 0 Å². The number of benzene rings is 1. The zero-order valence-electron chi connectivity index (χ0n) is 16.1. The first-order valence-electron chi connectivity index (χ1n) is 10.5. The van der Waals surface area contributed by atoms with Crippen LogP contribution in [0.4, 0.5) is 0 Å². The Bertz CT molecular complexity index is 927. The summed E-state index contributed by atoms with van der Waals surface area (Å²) < 4.78 is 29.0. The molecule has 150 valence electrons. The van der Waals surface area contributed by atoms with Crippen LogP contribution < -0.4 is 0 Å². The van der Waals surface area contributed by atoms with Gasteiger partial charge in [-0.1, -0.05) is 31.4 Å². The molecular weight excluding hydrogens is 374 g/mol. The average molecular weight is 402 g/mol. The minimum absolute atomic E-state index is 0.158. The molecule has 0 N–H and O–H groups in total. The Morgan fingerprint density at radius 3 is 2.61 bits per heavy atom. The maximum atomic E-state index is 13.4. The highest BCUT2D eigenvalue weighted by Gasteiger charge is 2.42. The van der Waals surface area contributed by atoms with Gasteiger partial charge in [-0.05, 0) is 49.7 Å². The molecule has 1 aliphatic carbocycles. The fraction of sp³-hybridized carbons (Fsp3) is 0.619. The summed E-state index contributed by atoms with van der Waals surface area (Å²) in [5.74, 6) is 2.05. The van der Waals surface area contributed by atoms with Crippen LogP contribution in [0, 0.1) is 11.8 Å². The molecule has 4 aliphatic rings. The van der Waals surface area contributed by atoms with Gasteiger partial charge in [0.25, 0.3) is 10.0 Å². The van der Waals surface area contributed by atoms with Gasteiger partial charge in [0, 0.05) is 25.2 Å². The summed E-state index contributed by atoms with van der Waals surface area (Å²) in [5.41, 5.74) is 0.633. The topological polar surface area (TPSA) is 70.0 Å². The smallest absolute Gasteiger partial charge is 0.285 e. The molecule has 3 aliphatic heterocycles. The number of nitrogens with zero attached hydrogens (tertiary/aromatic N) is 3. The number of fused-ring (bicyclic) bond motifs is 2. The zero-order valence-corrected chi connectivity index (χ0v) is 16.9. The molecule has 7 heteroatoms. The molecule has 3 unspecified atom stereocenters. The minimum Gasteiger partial charge on any atom is -0.343 e. The van der Waals surface area contributed by atoms with Crippen LogP contribution in [0.5, 0.6) is 0 Å². The van der Waals surface area contributed by atoms with Gasteiger partial charge in [0.15, 0.2) is 5.84 Å². The summed E-state index contributed by atoms with van der Waals surface area (Å²) in [5, 5.41) is 0. The lowest BCUT2D eigenvalue weighted by Crippen LogP contribution is -2.52. The van der Waals surface area contributed by atoms with Crippen LogP contribution in [0.3, 0.4) is 0 Å². The first-order chi connectivity index (χ1) is 13.5. The van der Waals surface area contributed by atoms with Crippen LogP contribution in [0.15, 0.2) is 33.6 Å². The van der Waals surface area contributed by atoms with E-state index in [1.54, 1.807) is 18.2 Å². The standard InChI is InChI=1S/C21H27N3O3S/c25-21(23-13-11-15-6-1-2-7-16(15)14-23)18-9-5-12-24(18)20-17-8-3-4-10-19(17)28(26,27)22-20/h3-4,8,10,15-16,18H,1-2,5-7,9,11-14H2. The van der Waals surface area contributed by atoms with Gasteiger partial charge in [0.1, 0.15) is 10.9 Å². The summed E-state index contributed by atoms with van der Waals surface area (Å²) in [6.45, 7) is 2.39. The number of amides is 1. The second-order valence-corrected chi connectivity index (χ2v) is 10.2. The SMILES string of the molecule is O=C(C1CCCN1C1=NS(=O)(=O)c2ccccc21)N1CCC2CCCCC2C1. The highest BCUT2D eigenvalue weighted by molar-refractivity contribution is 7.90. The molecule has 1 aromatic rings. The Balaban J connectivity index is 1.38. The van der Waals surface area contributed by atoms with E-state index in [4.69, 9.17) is 0 Å². The molecule has 3 fully saturated rings. The van der Waals surface area contributed by atoms with Gasteiger partial charge in [0.2, 0.25) is 5.91 Å². The van der Waals surface area contributed by atoms with Crippen LogP contribution in [0.25, 0.3) is 0 Å². The van der Waals surface area contributed by atoms with Crippen molar-refractivity contribution in [2.75, 3.05) is 19.6 Å². The summed E-state index contributed by atoms with van der Waals surface area (Å²) in [4.78, 5) is 17.6. The van der Waals surface area contributed by atoms with E-state index in [9.17, 15) is 13.2 Å². The molecule has 3 atom stereocenters. The molecule has 2 saturated heterocycles. The number of hydrogen-bond donors (Lipinski definition) is 0. The third kappa shape index (κ3) is 2.95. The number of carbonyl (C=O) groups excluding carboxylic acids is 1. The van der Waals surface area contributed by atoms with Crippen molar-refractivity contribution >= 4 is 21.8 Å². The molecule has 0 aromatic heterocycles. The number of sulfonamides is 1. The van der Waals surface area contributed by atoms with Gasteiger partial charge >= 0.3 is 0 Å². The Labute approximate surface area is 166 Å². The lowest BCUT2D eigenvalue weighted by atomic mass is 9.75. The van der Waals surface area contributed by atoms with Crippen LogP contribution >= 0.6 is 0 Å². The lowest BCUT2D eigenvalue weighted by Gasteiger charge is -2.42. The molecule has 28 heavy (non-hydrogen) atoms. The molecule has 6 nitrogen and oxygen atoms in total. The predicted molar refractivity (Wildman–Crippen MR) is 107 cm³/mol. The highest BCUT2D eigenvalue weighted by atomic mass is 32.2. The van der Waals surface area contributed by atoms with Crippen LogP contribution in [-0.2, 0) is 14.8 Å². The zero-order chi connectivity index (χ0) is 19.3. The van der Waals surface area contributed by atoms with Gasteiger partial charge in [0.05, 0.1) is 0 Å². The molecule has 0 radical (unpaired) electrons. The summed E-state index contributed by atoms with van der Waals surface area (Å²) in [6.07, 6.45) is 7.93. The van der Waals surface area contributed by atoms with E-state index >= 15 is 0 Å². The average Bonchev–Trinajstić information content (AvgIpc) is 3.30. The third-order valence-electron chi connectivity index (χ3n) is 7.03. The third-order valence-corrected chi connectivity index (χ3v) is 8.35. The van der Waals surface area contributed by atoms with Crippen molar-refractivity contribution in [2.45, 2.75) is 55.9 Å². The van der Waals surface area contributed by atoms with Gasteiger partial charge < -0.3 is 9.80 Å². The molecule has 1 amide bonds. The van der Waals surface area contributed by atoms with Crippen molar-refractivity contribution in [3.05, 3.63) is 29.8 Å². The maximum Gasteiger partial charge on any atom is 0.285 e. The number of hydrogen-bond acceptors (Lipinski definition) is 4. The van der Waals surface area contributed by atoms with Crippen molar-refractivity contribution < 1.29 is 13.2 Å². The number of rotatable bonds is 1. The van der Waals surface area contributed by atoms with E-state index in [2.05, 4.69) is 4.40 Å². The van der Waals surface area contributed by atoms with Gasteiger partial charge in [-0.2, -0.15) is 8.42 Å². The summed E-state index contributed by atoms with van der Waals surface area (Å²) >= 11 is 0. The fourth-order valence-electron chi connectivity index (χ4n) is 5.58.